The van der Waals surface area contributed by atoms with Gasteiger partial charge in [0.25, 0.3) is 0 Å². The van der Waals surface area contributed by atoms with E-state index in [2.05, 4.69) is 30.4 Å². The maximum atomic E-state index is 13.6. The topological polar surface area (TPSA) is 55.4 Å². The summed E-state index contributed by atoms with van der Waals surface area (Å²) in [5, 5.41) is 3.10. The SMILES string of the molecule is COC1CCC2(CC1)NC(=O)C(c1c(C)cc(C)c(-c3ccccc3)c1C)C2=O. The van der Waals surface area contributed by atoms with E-state index in [-0.39, 0.29) is 17.8 Å². The quantitative estimate of drug-likeness (QED) is 0.790. The number of carbonyl (C=O) groups is 2. The van der Waals surface area contributed by atoms with Crippen LogP contribution >= 0.6 is 0 Å². The van der Waals surface area contributed by atoms with Crippen molar-refractivity contribution in [2.24, 2.45) is 0 Å². The van der Waals surface area contributed by atoms with Crippen molar-refractivity contribution in [3.63, 3.8) is 0 Å². The highest BCUT2D eigenvalue weighted by atomic mass is 16.5. The van der Waals surface area contributed by atoms with E-state index in [1.165, 1.54) is 0 Å². The molecule has 1 saturated carbocycles. The summed E-state index contributed by atoms with van der Waals surface area (Å²) < 4.78 is 5.46. The number of methoxy groups -OCH3 is 1. The third kappa shape index (κ3) is 3.20. The number of carbonyl (C=O) groups excluding carboxylic acids is 2. The highest BCUT2D eigenvalue weighted by Crippen LogP contribution is 2.43. The Morgan fingerprint density at radius 1 is 1.00 bits per heavy atom. The normalized spacial score (nSPS) is 26.8. The second-order valence-electron chi connectivity index (χ2n) is 8.59. The fourth-order valence-electron chi connectivity index (χ4n) is 5.41. The lowest BCUT2D eigenvalue weighted by Crippen LogP contribution is -2.50. The Hall–Kier alpha value is -2.46. The number of hydrogen-bond donors (Lipinski definition) is 1. The van der Waals surface area contributed by atoms with Crippen LogP contribution in [0.1, 0.15) is 53.9 Å². The van der Waals surface area contributed by atoms with Crippen molar-refractivity contribution in [3.8, 4) is 11.1 Å². The van der Waals surface area contributed by atoms with Gasteiger partial charge in [-0.05, 0) is 79.8 Å². The first kappa shape index (κ1) is 19.8. The third-order valence-corrected chi connectivity index (χ3v) is 6.86. The van der Waals surface area contributed by atoms with Gasteiger partial charge >= 0.3 is 0 Å². The highest BCUT2D eigenvalue weighted by molar-refractivity contribution is 6.17. The summed E-state index contributed by atoms with van der Waals surface area (Å²) in [7, 11) is 1.71. The van der Waals surface area contributed by atoms with Gasteiger partial charge in [0.2, 0.25) is 5.91 Å². The molecule has 2 fully saturated rings. The molecule has 1 saturated heterocycles. The van der Waals surface area contributed by atoms with Crippen molar-refractivity contribution in [1.29, 1.82) is 0 Å². The number of benzene rings is 2. The molecule has 1 aliphatic heterocycles. The molecule has 1 N–H and O–H groups in total. The average Bonchev–Trinajstić information content (AvgIpc) is 2.93. The molecule has 0 aromatic heterocycles. The van der Waals surface area contributed by atoms with Gasteiger partial charge in [-0.1, -0.05) is 36.4 Å². The molecule has 1 atom stereocenters. The summed E-state index contributed by atoms with van der Waals surface area (Å²) in [6, 6.07) is 12.3. The molecule has 1 amide bonds. The predicted molar refractivity (Wildman–Crippen MR) is 114 cm³/mol. The molecular weight excluding hydrogens is 362 g/mol. The van der Waals surface area contributed by atoms with Crippen LogP contribution in [0.3, 0.4) is 0 Å². The monoisotopic (exact) mass is 391 g/mol. The van der Waals surface area contributed by atoms with E-state index in [0.29, 0.717) is 12.8 Å². The number of amides is 1. The zero-order valence-electron chi connectivity index (χ0n) is 17.7. The Morgan fingerprint density at radius 2 is 1.66 bits per heavy atom. The summed E-state index contributed by atoms with van der Waals surface area (Å²) in [6.07, 6.45) is 3.09. The van der Waals surface area contributed by atoms with Crippen LogP contribution in [-0.4, -0.2) is 30.4 Å². The summed E-state index contributed by atoms with van der Waals surface area (Å²) >= 11 is 0. The van der Waals surface area contributed by atoms with Crippen LogP contribution in [0.5, 0.6) is 0 Å². The lowest BCUT2D eigenvalue weighted by atomic mass is 9.74. The molecule has 1 spiro atoms. The van der Waals surface area contributed by atoms with Crippen molar-refractivity contribution in [3.05, 3.63) is 58.7 Å². The van der Waals surface area contributed by atoms with Crippen molar-refractivity contribution in [2.45, 2.75) is 64.0 Å². The van der Waals surface area contributed by atoms with Gasteiger partial charge in [-0.3, -0.25) is 9.59 Å². The smallest absolute Gasteiger partial charge is 0.235 e. The van der Waals surface area contributed by atoms with E-state index in [1.54, 1.807) is 7.11 Å². The molecular formula is C25H29NO3. The van der Waals surface area contributed by atoms with Crippen molar-refractivity contribution in [2.75, 3.05) is 7.11 Å². The second kappa shape index (κ2) is 7.42. The minimum absolute atomic E-state index is 0.0334. The van der Waals surface area contributed by atoms with E-state index in [1.807, 2.05) is 32.0 Å². The van der Waals surface area contributed by atoms with E-state index in [9.17, 15) is 9.59 Å². The van der Waals surface area contributed by atoms with E-state index >= 15 is 0 Å². The van der Waals surface area contributed by atoms with Crippen molar-refractivity contribution < 1.29 is 14.3 Å². The van der Waals surface area contributed by atoms with Crippen LogP contribution in [-0.2, 0) is 14.3 Å². The number of rotatable bonds is 3. The first-order valence-electron chi connectivity index (χ1n) is 10.4. The fourth-order valence-corrected chi connectivity index (χ4v) is 5.41. The first-order chi connectivity index (χ1) is 13.9. The molecule has 152 valence electrons. The molecule has 0 radical (unpaired) electrons. The lowest BCUT2D eigenvalue weighted by molar-refractivity contribution is -0.126. The first-order valence-corrected chi connectivity index (χ1v) is 10.4. The predicted octanol–water partition coefficient (Wildman–Crippen LogP) is 4.39. The molecule has 2 aromatic rings. The van der Waals surface area contributed by atoms with Crippen LogP contribution in [0.25, 0.3) is 11.1 Å². The van der Waals surface area contributed by atoms with Gasteiger partial charge in [-0.2, -0.15) is 0 Å². The molecule has 2 aromatic carbocycles. The number of Topliss-reactive ketones (excluding diaryl/α,β-unsaturated/α-hetero) is 1. The van der Waals surface area contributed by atoms with Crippen LogP contribution < -0.4 is 5.32 Å². The van der Waals surface area contributed by atoms with Crippen LogP contribution in [0, 0.1) is 20.8 Å². The van der Waals surface area contributed by atoms with E-state index in [4.69, 9.17) is 4.74 Å². The second-order valence-corrected chi connectivity index (χ2v) is 8.59. The molecule has 1 unspecified atom stereocenters. The summed E-state index contributed by atoms with van der Waals surface area (Å²) in [5.74, 6) is -0.844. The van der Waals surface area contributed by atoms with Crippen molar-refractivity contribution >= 4 is 11.7 Å². The van der Waals surface area contributed by atoms with E-state index < -0.39 is 11.5 Å². The minimum atomic E-state index is -0.729. The largest absolute Gasteiger partial charge is 0.381 e. The molecule has 29 heavy (non-hydrogen) atoms. The molecule has 2 aliphatic rings. The number of ketones is 1. The van der Waals surface area contributed by atoms with Gasteiger partial charge in [0.05, 0.1) is 11.6 Å². The van der Waals surface area contributed by atoms with Crippen LogP contribution in [0.2, 0.25) is 0 Å². The summed E-state index contributed by atoms with van der Waals surface area (Å²) in [4.78, 5) is 26.7. The fraction of sp³-hybridized carbons (Fsp3) is 0.440. The van der Waals surface area contributed by atoms with Crippen LogP contribution in [0.15, 0.2) is 36.4 Å². The van der Waals surface area contributed by atoms with Gasteiger partial charge in [0.1, 0.15) is 5.92 Å². The highest BCUT2D eigenvalue weighted by Gasteiger charge is 2.54. The molecule has 1 aliphatic carbocycles. The Balaban J connectivity index is 1.77. The molecule has 0 bridgehead atoms. The van der Waals surface area contributed by atoms with Gasteiger partial charge in [-0.25, -0.2) is 0 Å². The van der Waals surface area contributed by atoms with Gasteiger partial charge in [0, 0.05) is 7.11 Å². The summed E-state index contributed by atoms with van der Waals surface area (Å²) in [6.45, 7) is 6.15. The third-order valence-electron chi connectivity index (χ3n) is 6.86. The van der Waals surface area contributed by atoms with Crippen LogP contribution in [0.4, 0.5) is 0 Å². The minimum Gasteiger partial charge on any atom is -0.381 e. The molecule has 4 nitrogen and oxygen atoms in total. The number of nitrogens with one attached hydrogen (secondary N) is 1. The average molecular weight is 392 g/mol. The van der Waals surface area contributed by atoms with Gasteiger partial charge in [0.15, 0.2) is 5.78 Å². The Labute approximate surface area is 172 Å². The summed E-state index contributed by atoms with van der Waals surface area (Å²) in [5.41, 5.74) is 5.59. The molecule has 1 heterocycles. The molecule has 4 heteroatoms. The maximum Gasteiger partial charge on any atom is 0.235 e. The zero-order chi connectivity index (χ0) is 20.8. The molecule has 4 rings (SSSR count). The van der Waals surface area contributed by atoms with Gasteiger partial charge in [-0.15, -0.1) is 0 Å². The Bertz CT molecular complexity index is 956. The maximum absolute atomic E-state index is 13.6. The van der Waals surface area contributed by atoms with Crippen molar-refractivity contribution in [1.82, 2.24) is 5.32 Å². The Kier molecular flexibility index (Phi) is 5.07. The lowest BCUT2D eigenvalue weighted by Gasteiger charge is -2.35. The Morgan fingerprint density at radius 3 is 2.28 bits per heavy atom. The number of hydrogen-bond acceptors (Lipinski definition) is 3. The number of ether oxygens (including phenoxy) is 1. The van der Waals surface area contributed by atoms with E-state index in [0.717, 1.165) is 46.2 Å². The van der Waals surface area contributed by atoms with Gasteiger partial charge < -0.3 is 10.1 Å². The number of aryl methyl sites for hydroxylation is 2. The zero-order valence-corrected chi connectivity index (χ0v) is 17.7. The standard InChI is InChI=1S/C25H29NO3/c1-15-14-16(2)21(17(3)20(15)18-8-6-5-7-9-18)22-23(27)25(26-24(22)28)12-10-19(29-4)11-13-25/h5-9,14,19,22H,10-13H2,1-4H3,(H,26,28).